The van der Waals surface area contributed by atoms with Crippen molar-refractivity contribution in [1.29, 1.82) is 0 Å². The second-order valence-corrected chi connectivity index (χ2v) is 7.39. The number of rotatable bonds is 17. The van der Waals surface area contributed by atoms with E-state index in [1.54, 1.807) is 6.07 Å². The second-order valence-electron chi connectivity index (χ2n) is 7.39. The maximum atomic E-state index is 9.77. The third-order valence-electron chi connectivity index (χ3n) is 4.98. The van der Waals surface area contributed by atoms with Crippen LogP contribution in [0.3, 0.4) is 0 Å². The number of hydrogen-bond donors (Lipinski definition) is 2. The van der Waals surface area contributed by atoms with Crippen molar-refractivity contribution in [2.45, 2.75) is 96.8 Å². The van der Waals surface area contributed by atoms with Gasteiger partial charge in [-0.25, -0.2) is 0 Å². The van der Waals surface area contributed by atoms with Gasteiger partial charge in [0.25, 0.3) is 0 Å². The molecule has 0 radical (unpaired) electrons. The third kappa shape index (κ3) is 11.4. The van der Waals surface area contributed by atoms with E-state index in [0.29, 0.717) is 0 Å². The molecule has 0 aliphatic carbocycles. The molecule has 0 amide bonds. The zero-order valence-electron chi connectivity index (χ0n) is 16.8. The molecule has 1 aromatic rings. The Kier molecular flexibility index (Phi) is 14.0. The first-order valence-electron chi connectivity index (χ1n) is 10.8. The van der Waals surface area contributed by atoms with Crippen molar-refractivity contribution < 1.29 is 14.9 Å². The van der Waals surface area contributed by atoms with Gasteiger partial charge in [0, 0.05) is 13.2 Å². The molecule has 1 rings (SSSR count). The van der Waals surface area contributed by atoms with Gasteiger partial charge in [0.1, 0.15) is 0 Å². The number of unbranched alkanes of at least 4 members (excludes halogenated alkanes) is 11. The van der Waals surface area contributed by atoms with E-state index in [1.165, 1.54) is 83.1 Å². The van der Waals surface area contributed by atoms with Gasteiger partial charge in [0.2, 0.25) is 0 Å². The molecule has 3 heteroatoms. The maximum Gasteiger partial charge on any atom is 0.160 e. The first-order valence-corrected chi connectivity index (χ1v) is 10.8. The van der Waals surface area contributed by atoms with Crippen molar-refractivity contribution in [1.82, 2.24) is 0 Å². The number of hydrogen-bond acceptors (Lipinski definition) is 3. The van der Waals surface area contributed by atoms with E-state index in [-0.39, 0.29) is 11.5 Å². The fraction of sp³-hybridized carbons (Fsp3) is 0.739. The predicted octanol–water partition coefficient (Wildman–Crippen LogP) is 6.75. The summed E-state index contributed by atoms with van der Waals surface area (Å²) in [7, 11) is 0. The smallest absolute Gasteiger partial charge is 0.160 e. The summed E-state index contributed by atoms with van der Waals surface area (Å²) in [5.74, 6) is 0.0477. The fourth-order valence-corrected chi connectivity index (χ4v) is 3.24. The highest BCUT2D eigenvalue weighted by atomic mass is 16.5. The molecular weight excluding hydrogens is 324 g/mol. The first-order chi connectivity index (χ1) is 12.8. The Bertz CT molecular complexity index is 445. The number of aryl methyl sites for hydroxylation is 1. The largest absolute Gasteiger partial charge is 0.504 e. The molecule has 3 nitrogen and oxygen atoms in total. The molecule has 0 atom stereocenters. The maximum absolute atomic E-state index is 9.77. The summed E-state index contributed by atoms with van der Waals surface area (Å²) in [6, 6.07) is 5.22. The molecule has 0 bridgehead atoms. The van der Waals surface area contributed by atoms with Crippen molar-refractivity contribution in [2.24, 2.45) is 0 Å². The number of para-hydroxylation sites is 1. The minimum absolute atomic E-state index is 0.00785. The van der Waals surface area contributed by atoms with Gasteiger partial charge in [-0.05, 0) is 37.3 Å². The van der Waals surface area contributed by atoms with Gasteiger partial charge in [-0.3, -0.25) is 0 Å². The average molecular weight is 365 g/mol. The molecule has 0 saturated carbocycles. The minimum Gasteiger partial charge on any atom is -0.504 e. The Balaban J connectivity index is 1.80. The number of phenolic OH excluding ortho intramolecular Hbond substituents is 2. The van der Waals surface area contributed by atoms with E-state index in [1.807, 2.05) is 6.07 Å². The van der Waals surface area contributed by atoms with Crippen LogP contribution in [0.5, 0.6) is 11.5 Å². The summed E-state index contributed by atoms with van der Waals surface area (Å²) in [6.07, 6.45) is 17.5. The summed E-state index contributed by atoms with van der Waals surface area (Å²) in [4.78, 5) is 0. The molecule has 26 heavy (non-hydrogen) atoms. The van der Waals surface area contributed by atoms with Crippen molar-refractivity contribution in [3.05, 3.63) is 23.8 Å². The van der Waals surface area contributed by atoms with Crippen LogP contribution in [-0.2, 0) is 11.2 Å². The molecule has 0 heterocycles. The van der Waals surface area contributed by atoms with E-state index < -0.39 is 0 Å². The number of ether oxygens (including phenoxy) is 1. The van der Waals surface area contributed by atoms with Crippen molar-refractivity contribution in [3.8, 4) is 11.5 Å². The van der Waals surface area contributed by atoms with E-state index in [0.717, 1.165) is 31.6 Å². The monoisotopic (exact) mass is 364 g/mol. The number of aromatic hydroxyl groups is 2. The quantitative estimate of drug-likeness (QED) is 0.237. The molecule has 1 aromatic carbocycles. The zero-order valence-corrected chi connectivity index (χ0v) is 16.8. The van der Waals surface area contributed by atoms with Crippen LogP contribution in [0.2, 0.25) is 0 Å². The fourth-order valence-electron chi connectivity index (χ4n) is 3.24. The lowest BCUT2D eigenvalue weighted by molar-refractivity contribution is 0.127. The van der Waals surface area contributed by atoms with Gasteiger partial charge >= 0.3 is 0 Å². The van der Waals surface area contributed by atoms with Crippen LogP contribution in [0, 0.1) is 0 Å². The normalized spacial score (nSPS) is 11.1. The lowest BCUT2D eigenvalue weighted by Crippen LogP contribution is -1.96. The Hall–Kier alpha value is -1.22. The van der Waals surface area contributed by atoms with Crippen LogP contribution in [0.25, 0.3) is 0 Å². The molecule has 0 fully saturated rings. The summed E-state index contributed by atoms with van der Waals surface area (Å²) in [5.41, 5.74) is 0.862. The van der Waals surface area contributed by atoms with Crippen LogP contribution in [0.1, 0.15) is 96.0 Å². The molecule has 0 aliphatic rings. The number of phenols is 2. The summed E-state index contributed by atoms with van der Waals surface area (Å²) < 4.78 is 5.58. The van der Waals surface area contributed by atoms with Gasteiger partial charge in [-0.2, -0.15) is 0 Å². The first kappa shape index (κ1) is 22.8. The van der Waals surface area contributed by atoms with Crippen LogP contribution in [0.4, 0.5) is 0 Å². The van der Waals surface area contributed by atoms with Crippen molar-refractivity contribution in [2.75, 3.05) is 13.2 Å². The Labute approximate surface area is 160 Å². The van der Waals surface area contributed by atoms with Crippen LogP contribution in [0.15, 0.2) is 18.2 Å². The van der Waals surface area contributed by atoms with Gasteiger partial charge < -0.3 is 14.9 Å². The van der Waals surface area contributed by atoms with Crippen LogP contribution >= 0.6 is 0 Å². The van der Waals surface area contributed by atoms with Crippen molar-refractivity contribution in [3.63, 3.8) is 0 Å². The van der Waals surface area contributed by atoms with Gasteiger partial charge in [0.05, 0.1) is 0 Å². The highest BCUT2D eigenvalue weighted by Gasteiger charge is 2.04. The van der Waals surface area contributed by atoms with Gasteiger partial charge in [-0.15, -0.1) is 0 Å². The molecule has 0 aliphatic heterocycles. The Morgan fingerprint density at radius 1 is 0.692 bits per heavy atom. The van der Waals surface area contributed by atoms with Gasteiger partial charge in [0.15, 0.2) is 11.5 Å². The van der Waals surface area contributed by atoms with Crippen molar-refractivity contribution >= 4 is 0 Å². The Morgan fingerprint density at radius 3 is 1.85 bits per heavy atom. The van der Waals surface area contributed by atoms with E-state index in [2.05, 4.69) is 6.92 Å². The third-order valence-corrected chi connectivity index (χ3v) is 4.98. The standard InChI is InChI=1S/C23H40O3/c1-2-3-19-26-20-14-12-10-8-6-4-5-7-9-11-13-16-21-17-15-18-22(24)23(21)25/h15,17-18,24-25H,2-14,16,19-20H2,1H3. The van der Waals surface area contributed by atoms with E-state index >= 15 is 0 Å². The zero-order chi connectivity index (χ0) is 18.9. The van der Waals surface area contributed by atoms with E-state index in [9.17, 15) is 10.2 Å². The summed E-state index contributed by atoms with van der Waals surface area (Å²) in [5, 5.41) is 19.2. The van der Waals surface area contributed by atoms with E-state index in [4.69, 9.17) is 4.74 Å². The topological polar surface area (TPSA) is 49.7 Å². The summed E-state index contributed by atoms with van der Waals surface area (Å²) >= 11 is 0. The number of benzene rings is 1. The average Bonchev–Trinajstić information content (AvgIpc) is 2.64. The molecule has 2 N–H and O–H groups in total. The Morgan fingerprint density at radius 2 is 1.23 bits per heavy atom. The molecule has 0 spiro atoms. The summed E-state index contributed by atoms with van der Waals surface area (Å²) in [6.45, 7) is 4.08. The molecule has 0 saturated heterocycles. The van der Waals surface area contributed by atoms with Crippen LogP contribution < -0.4 is 0 Å². The molecule has 0 unspecified atom stereocenters. The second kappa shape index (κ2) is 16.0. The SMILES string of the molecule is CCCCOCCCCCCCCCCCCCc1cccc(O)c1O. The van der Waals surface area contributed by atoms with Crippen LogP contribution in [-0.4, -0.2) is 23.4 Å². The lowest BCUT2D eigenvalue weighted by Gasteiger charge is -2.06. The van der Waals surface area contributed by atoms with Gasteiger partial charge in [-0.1, -0.05) is 83.3 Å². The highest BCUT2D eigenvalue weighted by Crippen LogP contribution is 2.29. The molecule has 0 aromatic heterocycles. The molecular formula is C23H40O3. The minimum atomic E-state index is -0.00785. The highest BCUT2D eigenvalue weighted by molar-refractivity contribution is 5.44. The predicted molar refractivity (Wildman–Crippen MR) is 110 cm³/mol. The lowest BCUT2D eigenvalue weighted by atomic mass is 10.0. The molecule has 150 valence electrons.